The maximum atomic E-state index is 14.6. The lowest BCUT2D eigenvalue weighted by atomic mass is 10.1. The first-order valence-electron chi connectivity index (χ1n) is 10.4. The Hall–Kier alpha value is -3.06. The van der Waals surface area contributed by atoms with Crippen LogP contribution >= 0.6 is 0 Å². The van der Waals surface area contributed by atoms with E-state index in [4.69, 9.17) is 4.74 Å². The molecular formula is C20H23F2N7O3S. The van der Waals surface area contributed by atoms with E-state index in [1.54, 1.807) is 19.3 Å². The van der Waals surface area contributed by atoms with Gasteiger partial charge in [-0.1, -0.05) is 6.92 Å². The summed E-state index contributed by atoms with van der Waals surface area (Å²) in [6, 6.07) is 0. The Morgan fingerprint density at radius 2 is 1.79 bits per heavy atom. The van der Waals surface area contributed by atoms with E-state index in [1.165, 1.54) is 6.92 Å². The van der Waals surface area contributed by atoms with E-state index in [0.29, 0.717) is 18.9 Å². The van der Waals surface area contributed by atoms with Crippen molar-refractivity contribution < 1.29 is 21.9 Å². The van der Waals surface area contributed by atoms with E-state index in [1.807, 2.05) is 6.92 Å². The van der Waals surface area contributed by atoms with Crippen molar-refractivity contribution in [3.8, 4) is 5.69 Å². The molecule has 10 nitrogen and oxygen atoms in total. The molecule has 0 amide bonds. The minimum Gasteiger partial charge on any atom is -0.370 e. The SMILES string of the molecule is Cc1cnc(C(C)C(C)S(=O)(=O)Nc2nnc([C@@H]3CCCO3)n2-c2c(F)cncc2F)nc1. The quantitative estimate of drug-likeness (QED) is 0.549. The number of sulfonamides is 1. The van der Waals surface area contributed by atoms with E-state index in [9.17, 15) is 17.2 Å². The third-order valence-electron chi connectivity index (χ3n) is 5.59. The summed E-state index contributed by atoms with van der Waals surface area (Å²) in [5, 5.41) is 6.89. The maximum Gasteiger partial charge on any atom is 0.243 e. The molecule has 3 aromatic rings. The topological polar surface area (TPSA) is 125 Å². The predicted molar refractivity (Wildman–Crippen MR) is 114 cm³/mol. The second-order valence-electron chi connectivity index (χ2n) is 7.93. The number of nitrogens with zero attached hydrogens (tertiary/aromatic N) is 6. The van der Waals surface area contributed by atoms with Gasteiger partial charge < -0.3 is 4.74 Å². The molecule has 2 unspecified atom stereocenters. The lowest BCUT2D eigenvalue weighted by molar-refractivity contribution is 0.103. The van der Waals surface area contributed by atoms with Crippen LogP contribution in [0.2, 0.25) is 0 Å². The van der Waals surface area contributed by atoms with Crippen LogP contribution in [0.25, 0.3) is 5.69 Å². The summed E-state index contributed by atoms with van der Waals surface area (Å²) in [5.74, 6) is -2.48. The summed E-state index contributed by atoms with van der Waals surface area (Å²) in [6.45, 7) is 5.45. The van der Waals surface area contributed by atoms with E-state index in [2.05, 4.69) is 29.9 Å². The third kappa shape index (κ3) is 4.55. The highest BCUT2D eigenvalue weighted by atomic mass is 32.2. The fourth-order valence-electron chi connectivity index (χ4n) is 3.53. The fraction of sp³-hybridized carbons (Fsp3) is 0.450. The van der Waals surface area contributed by atoms with Crippen molar-refractivity contribution in [2.45, 2.75) is 50.9 Å². The monoisotopic (exact) mass is 479 g/mol. The number of nitrogens with one attached hydrogen (secondary N) is 1. The molecule has 176 valence electrons. The summed E-state index contributed by atoms with van der Waals surface area (Å²) in [7, 11) is -4.09. The van der Waals surface area contributed by atoms with E-state index in [0.717, 1.165) is 28.9 Å². The van der Waals surface area contributed by atoms with Gasteiger partial charge in [-0.2, -0.15) is 0 Å². The van der Waals surface area contributed by atoms with Crippen LogP contribution in [0.4, 0.5) is 14.7 Å². The normalized spacial score (nSPS) is 18.3. The van der Waals surface area contributed by atoms with Gasteiger partial charge in [0.1, 0.15) is 17.6 Å². The smallest absolute Gasteiger partial charge is 0.243 e. The van der Waals surface area contributed by atoms with Crippen molar-refractivity contribution in [3.63, 3.8) is 0 Å². The van der Waals surface area contributed by atoms with Gasteiger partial charge in [0.05, 0.1) is 17.6 Å². The van der Waals surface area contributed by atoms with E-state index >= 15 is 0 Å². The molecule has 3 aromatic heterocycles. The second kappa shape index (κ2) is 9.06. The Balaban J connectivity index is 1.72. The van der Waals surface area contributed by atoms with Gasteiger partial charge in [-0.05, 0) is 32.3 Å². The Kier molecular flexibility index (Phi) is 6.34. The third-order valence-corrected chi connectivity index (χ3v) is 7.45. The summed E-state index contributed by atoms with van der Waals surface area (Å²) in [4.78, 5) is 11.9. The fourth-order valence-corrected chi connectivity index (χ4v) is 4.76. The molecule has 1 N–H and O–H groups in total. The Bertz CT molecular complexity index is 1220. The Morgan fingerprint density at radius 1 is 1.12 bits per heavy atom. The first-order chi connectivity index (χ1) is 15.7. The van der Waals surface area contributed by atoms with Crippen LogP contribution in [0.5, 0.6) is 0 Å². The molecule has 0 spiro atoms. The van der Waals surface area contributed by atoms with Gasteiger partial charge in [-0.15, -0.1) is 10.2 Å². The molecule has 4 heterocycles. The first kappa shape index (κ1) is 23.1. The molecule has 0 bridgehead atoms. The average molecular weight is 480 g/mol. The zero-order valence-corrected chi connectivity index (χ0v) is 19.1. The van der Waals surface area contributed by atoms with Crippen molar-refractivity contribution in [2.75, 3.05) is 11.3 Å². The van der Waals surface area contributed by atoms with Gasteiger partial charge in [0.25, 0.3) is 0 Å². The van der Waals surface area contributed by atoms with Crippen LogP contribution < -0.4 is 4.72 Å². The molecule has 0 aliphatic carbocycles. The predicted octanol–water partition coefficient (Wildman–Crippen LogP) is 2.82. The molecule has 13 heteroatoms. The molecule has 1 aliphatic heterocycles. The van der Waals surface area contributed by atoms with Crippen molar-refractivity contribution in [3.05, 3.63) is 53.6 Å². The largest absolute Gasteiger partial charge is 0.370 e. The Labute approximate surface area is 189 Å². The number of aromatic nitrogens is 6. The van der Waals surface area contributed by atoms with Crippen LogP contribution in [0, 0.1) is 18.6 Å². The van der Waals surface area contributed by atoms with Crippen LogP contribution in [0.1, 0.15) is 55.9 Å². The highest BCUT2D eigenvalue weighted by molar-refractivity contribution is 7.93. The summed E-state index contributed by atoms with van der Waals surface area (Å²) in [6.07, 6.45) is 5.56. The summed E-state index contributed by atoms with van der Waals surface area (Å²) < 4.78 is 64.6. The van der Waals surface area contributed by atoms with E-state index in [-0.39, 0.29) is 11.8 Å². The van der Waals surface area contributed by atoms with Crippen molar-refractivity contribution in [2.24, 2.45) is 0 Å². The lowest BCUT2D eigenvalue weighted by Gasteiger charge is -2.21. The van der Waals surface area contributed by atoms with Gasteiger partial charge in [0.15, 0.2) is 17.5 Å². The zero-order valence-electron chi connectivity index (χ0n) is 18.2. The molecule has 4 rings (SSSR count). The van der Waals surface area contributed by atoms with Crippen LogP contribution in [-0.2, 0) is 14.8 Å². The molecule has 33 heavy (non-hydrogen) atoms. The summed E-state index contributed by atoms with van der Waals surface area (Å²) >= 11 is 0. The number of aryl methyl sites for hydroxylation is 1. The number of pyridine rings is 1. The Morgan fingerprint density at radius 3 is 2.39 bits per heavy atom. The standard InChI is InChI=1S/C20H23F2N7O3S/c1-11-7-24-18(25-8-11)12(2)13(3)33(30,31)28-20-27-26-19(16-5-4-6-32-16)29(20)17-14(21)9-23-10-15(17)22/h7-10,12-13,16H,4-6H2,1-3H3,(H,27,28)/t12?,13?,16-/m0/s1. The van der Waals surface area contributed by atoms with Crippen molar-refractivity contribution >= 4 is 16.0 Å². The van der Waals surface area contributed by atoms with Crippen LogP contribution in [-0.4, -0.2) is 50.0 Å². The molecule has 1 aliphatic rings. The maximum absolute atomic E-state index is 14.6. The van der Waals surface area contributed by atoms with Gasteiger partial charge in [0.2, 0.25) is 16.0 Å². The van der Waals surface area contributed by atoms with E-state index < -0.39 is 44.6 Å². The average Bonchev–Trinajstić information content (AvgIpc) is 3.43. The molecule has 1 fully saturated rings. The lowest BCUT2D eigenvalue weighted by Crippen LogP contribution is -2.31. The zero-order chi connectivity index (χ0) is 23.8. The van der Waals surface area contributed by atoms with Gasteiger partial charge in [0, 0.05) is 24.9 Å². The molecule has 0 aromatic carbocycles. The summed E-state index contributed by atoms with van der Waals surface area (Å²) in [5.41, 5.74) is 0.302. The van der Waals surface area contributed by atoms with Gasteiger partial charge in [-0.3, -0.25) is 14.3 Å². The van der Waals surface area contributed by atoms with Crippen LogP contribution in [0.15, 0.2) is 24.8 Å². The molecule has 0 radical (unpaired) electrons. The highest BCUT2D eigenvalue weighted by Crippen LogP contribution is 2.33. The van der Waals surface area contributed by atoms with Crippen molar-refractivity contribution in [1.29, 1.82) is 0 Å². The minimum atomic E-state index is -4.09. The minimum absolute atomic E-state index is 0.0942. The van der Waals surface area contributed by atoms with Gasteiger partial charge >= 0.3 is 0 Å². The van der Waals surface area contributed by atoms with Gasteiger partial charge in [-0.25, -0.2) is 27.2 Å². The second-order valence-corrected chi connectivity index (χ2v) is 9.97. The van der Waals surface area contributed by atoms with Crippen LogP contribution in [0.3, 0.4) is 0 Å². The number of ether oxygens (including phenoxy) is 1. The molecular weight excluding hydrogens is 456 g/mol. The number of anilines is 1. The first-order valence-corrected chi connectivity index (χ1v) is 11.9. The number of halogens is 2. The highest BCUT2D eigenvalue weighted by Gasteiger charge is 2.34. The number of hydrogen-bond donors (Lipinski definition) is 1. The molecule has 1 saturated heterocycles. The molecule has 0 saturated carbocycles. The van der Waals surface area contributed by atoms with Crippen molar-refractivity contribution in [1.82, 2.24) is 29.7 Å². The molecule has 3 atom stereocenters. The number of rotatable bonds is 7. The number of hydrogen-bond acceptors (Lipinski definition) is 8.